The number of sulfonamides is 2. The molecule has 0 saturated heterocycles. The molecule has 14 nitrogen and oxygen atoms in total. The van der Waals surface area contributed by atoms with Crippen molar-refractivity contribution in [1.29, 1.82) is 0 Å². The number of carbonyl (C=O) groups excluding carboxylic acids is 2. The highest BCUT2D eigenvalue weighted by molar-refractivity contribution is 9.10. The SMILES string of the molecule is CCCS(=O)(=O)Nc1ccc(F)c(C(=O)c2c[nH]c3ncc(-c4ccc(SC)cc4)cc23)c1F.CCCS(=O)(=O)Nc1ccc(F)c(C(=O)c2c[nH]c3ncc(Br)cc23)c1F.CSc1ccc(B(O)O)cc1. The molecule has 72 heavy (non-hydrogen) atoms. The molecule has 0 radical (unpaired) electrons. The molecular weight excluding hydrogens is 1080 g/mol. The van der Waals surface area contributed by atoms with Gasteiger partial charge in [0, 0.05) is 66.5 Å². The highest BCUT2D eigenvalue weighted by Crippen LogP contribution is 2.32. The van der Waals surface area contributed by atoms with Crippen molar-refractivity contribution in [3.8, 4) is 11.1 Å². The summed E-state index contributed by atoms with van der Waals surface area (Å²) in [6.07, 6.45) is 10.4. The van der Waals surface area contributed by atoms with Crippen molar-refractivity contribution in [2.45, 2.75) is 36.5 Å². The van der Waals surface area contributed by atoms with Crippen molar-refractivity contribution < 1.29 is 54.0 Å². The minimum atomic E-state index is -3.83. The summed E-state index contributed by atoms with van der Waals surface area (Å²) in [5.41, 5.74) is 0.297. The van der Waals surface area contributed by atoms with Crippen LogP contribution in [0.2, 0.25) is 0 Å². The second kappa shape index (κ2) is 24.1. The van der Waals surface area contributed by atoms with Gasteiger partial charge in [0.05, 0.1) is 34.0 Å². The second-order valence-electron chi connectivity index (χ2n) is 15.5. The molecule has 0 bridgehead atoms. The van der Waals surface area contributed by atoms with Gasteiger partial charge in [-0.25, -0.2) is 44.4 Å². The van der Waals surface area contributed by atoms with Crippen LogP contribution in [0.1, 0.15) is 58.5 Å². The van der Waals surface area contributed by atoms with Crippen LogP contribution in [0, 0.1) is 23.3 Å². The lowest BCUT2D eigenvalue weighted by Gasteiger charge is -2.11. The van der Waals surface area contributed by atoms with Crippen molar-refractivity contribution in [3.05, 3.63) is 160 Å². The first kappa shape index (κ1) is 55.3. The summed E-state index contributed by atoms with van der Waals surface area (Å²) in [4.78, 5) is 42.3. The van der Waals surface area contributed by atoms with Crippen LogP contribution in [0.15, 0.2) is 124 Å². The number of anilines is 2. The van der Waals surface area contributed by atoms with Crippen LogP contribution in [0.25, 0.3) is 33.2 Å². The van der Waals surface area contributed by atoms with Crippen molar-refractivity contribution in [1.82, 2.24) is 19.9 Å². The molecule has 0 spiro atoms. The number of aromatic amines is 2. The molecular formula is C48H44BBrF4N6O8S4. The quantitative estimate of drug-likeness (QED) is 0.0230. The number of carbonyl (C=O) groups is 2. The summed E-state index contributed by atoms with van der Waals surface area (Å²) >= 11 is 6.47. The van der Waals surface area contributed by atoms with E-state index in [9.17, 15) is 39.6 Å². The van der Waals surface area contributed by atoms with Crippen molar-refractivity contribution >= 4 is 117 Å². The Kier molecular flexibility index (Phi) is 18.5. The van der Waals surface area contributed by atoms with Crippen LogP contribution < -0.4 is 14.9 Å². The Morgan fingerprint density at radius 3 is 1.50 bits per heavy atom. The van der Waals surface area contributed by atoms with Crippen LogP contribution in [0.5, 0.6) is 0 Å². The normalized spacial score (nSPS) is 11.4. The summed E-state index contributed by atoms with van der Waals surface area (Å²) < 4.78 is 111. The monoisotopic (exact) mass is 1130 g/mol. The fourth-order valence-corrected chi connectivity index (χ4v) is 10.4. The number of rotatable bonds is 16. The maximum atomic E-state index is 15.1. The summed E-state index contributed by atoms with van der Waals surface area (Å²) in [5.74, 6) is -7.02. The minimum absolute atomic E-state index is 0.0187. The van der Waals surface area contributed by atoms with E-state index in [0.717, 1.165) is 45.2 Å². The van der Waals surface area contributed by atoms with Crippen molar-refractivity contribution in [2.24, 2.45) is 0 Å². The number of ketones is 2. The van der Waals surface area contributed by atoms with Gasteiger partial charge in [0.2, 0.25) is 31.6 Å². The number of halogens is 5. The first-order chi connectivity index (χ1) is 34.2. The van der Waals surface area contributed by atoms with Gasteiger partial charge >= 0.3 is 7.12 Å². The van der Waals surface area contributed by atoms with Crippen molar-refractivity contribution in [3.63, 3.8) is 0 Å². The molecule has 24 heteroatoms. The number of aromatic nitrogens is 4. The number of benzene rings is 4. The van der Waals surface area contributed by atoms with E-state index in [1.165, 1.54) is 18.6 Å². The maximum absolute atomic E-state index is 15.1. The van der Waals surface area contributed by atoms with Crippen LogP contribution in [-0.2, 0) is 20.0 Å². The number of nitrogens with zero attached hydrogens (tertiary/aromatic N) is 2. The standard InChI is InChI=1S/C24H21F2N3O3S2.C17H14BrF2N3O3S.C7H9BO2S/c1-3-10-34(31,32)29-20-9-8-19(25)21(22(20)26)23(30)18-13-28-24-17(18)11-15(12-27-24)14-4-6-16(33-2)7-5-14;1-2-5-27(25,26)23-13-4-3-12(19)14(15(13)20)16(24)11-8-22-17-10(11)6-9(18)7-21-17;1-11-7-4-2-6(3-5-7)8(9)10/h4-9,11-13,29H,3,10H2,1-2H3,(H,27,28);3-4,6-8,23H,2,5H2,1H3,(H,21,22);2-5,9-10H,1H3. The van der Waals surface area contributed by atoms with Gasteiger partial charge in [-0.2, -0.15) is 0 Å². The molecule has 0 saturated carbocycles. The summed E-state index contributed by atoms with van der Waals surface area (Å²) in [7, 11) is -8.99. The van der Waals surface area contributed by atoms with E-state index in [1.54, 1.807) is 67.8 Å². The average Bonchev–Trinajstić information content (AvgIpc) is 3.98. The lowest BCUT2D eigenvalue weighted by molar-refractivity contribution is 0.102. The number of fused-ring (bicyclic) bond motifs is 2. The van der Waals surface area contributed by atoms with Gasteiger partial charge in [-0.3, -0.25) is 19.0 Å². The molecule has 0 aliphatic rings. The highest BCUT2D eigenvalue weighted by atomic mass is 79.9. The van der Waals surface area contributed by atoms with Gasteiger partial charge < -0.3 is 20.0 Å². The van der Waals surface area contributed by atoms with Crippen LogP contribution in [0.4, 0.5) is 28.9 Å². The van der Waals surface area contributed by atoms with Gasteiger partial charge in [-0.15, -0.1) is 23.5 Å². The van der Waals surface area contributed by atoms with E-state index >= 15 is 4.39 Å². The smallest absolute Gasteiger partial charge is 0.423 e. The third-order valence-electron chi connectivity index (χ3n) is 10.5. The second-order valence-corrected chi connectivity index (χ2v) is 21.9. The summed E-state index contributed by atoms with van der Waals surface area (Å²) in [5, 5.41) is 18.2. The van der Waals surface area contributed by atoms with Gasteiger partial charge in [0.1, 0.15) is 22.9 Å². The van der Waals surface area contributed by atoms with Crippen molar-refractivity contribution in [2.75, 3.05) is 33.5 Å². The van der Waals surface area contributed by atoms with Crippen LogP contribution in [0.3, 0.4) is 0 Å². The molecule has 0 amide bonds. The molecule has 4 aromatic carbocycles. The summed E-state index contributed by atoms with van der Waals surface area (Å²) in [6, 6.07) is 21.8. The molecule has 8 rings (SSSR count). The Morgan fingerprint density at radius 1 is 0.639 bits per heavy atom. The van der Waals surface area contributed by atoms with E-state index in [2.05, 4.69) is 45.3 Å². The van der Waals surface area contributed by atoms with Gasteiger partial charge in [-0.05, 0) is 113 Å². The Bertz CT molecular complexity index is 3500. The highest BCUT2D eigenvalue weighted by Gasteiger charge is 2.28. The predicted octanol–water partition coefficient (Wildman–Crippen LogP) is 9.69. The van der Waals surface area contributed by atoms with Crippen LogP contribution in [-0.4, -0.2) is 89.5 Å². The molecule has 0 aliphatic carbocycles. The molecule has 4 aromatic heterocycles. The average molecular weight is 1130 g/mol. The van der Waals surface area contributed by atoms with E-state index in [-0.39, 0.29) is 22.6 Å². The first-order valence-corrected chi connectivity index (χ1v) is 28.1. The molecule has 0 unspecified atom stereocenters. The minimum Gasteiger partial charge on any atom is -0.423 e. The molecule has 0 fully saturated rings. The first-order valence-electron chi connectivity index (χ1n) is 21.5. The number of H-pyrrole nitrogens is 2. The van der Waals surface area contributed by atoms with E-state index in [0.29, 0.717) is 44.8 Å². The van der Waals surface area contributed by atoms with Gasteiger partial charge in [0.25, 0.3) is 0 Å². The number of pyridine rings is 2. The van der Waals surface area contributed by atoms with Crippen LogP contribution >= 0.6 is 39.5 Å². The van der Waals surface area contributed by atoms with Gasteiger partial charge in [0.15, 0.2) is 11.6 Å². The number of thioether (sulfide) groups is 2. The Labute approximate surface area is 429 Å². The molecule has 8 aromatic rings. The molecule has 0 aliphatic heterocycles. The molecule has 4 heterocycles. The molecule has 6 N–H and O–H groups in total. The zero-order valence-electron chi connectivity index (χ0n) is 38.6. The molecule has 376 valence electrons. The predicted molar refractivity (Wildman–Crippen MR) is 280 cm³/mol. The van der Waals surface area contributed by atoms with Gasteiger partial charge in [-0.1, -0.05) is 38.1 Å². The fraction of sp³-hybridized carbons (Fsp3) is 0.167. The lowest BCUT2D eigenvalue weighted by atomic mass is 9.81. The Hall–Kier alpha value is -6.02. The number of hydrogen-bond donors (Lipinski definition) is 6. The number of hydrogen-bond acceptors (Lipinski definition) is 12. The Balaban J connectivity index is 0.000000198. The zero-order chi connectivity index (χ0) is 52.5. The molecule has 0 atom stereocenters. The maximum Gasteiger partial charge on any atom is 0.488 e. The summed E-state index contributed by atoms with van der Waals surface area (Å²) in [6.45, 7) is 3.31. The topological polar surface area (TPSA) is 224 Å². The third kappa shape index (κ3) is 13.3. The van der Waals surface area contributed by atoms with E-state index < -0.39 is 84.5 Å². The van der Waals surface area contributed by atoms with E-state index in [1.807, 2.05) is 48.9 Å². The van der Waals surface area contributed by atoms with E-state index in [4.69, 9.17) is 10.0 Å². The third-order valence-corrected chi connectivity index (χ3v) is 15.3. The Morgan fingerprint density at radius 2 is 1.07 bits per heavy atom. The number of nitrogens with one attached hydrogen (secondary N) is 4. The fourth-order valence-electron chi connectivity index (χ4n) is 7.00. The largest absolute Gasteiger partial charge is 0.488 e. The zero-order valence-corrected chi connectivity index (χ0v) is 43.4. The lowest BCUT2D eigenvalue weighted by Crippen LogP contribution is -2.29.